The van der Waals surface area contributed by atoms with Gasteiger partial charge in [-0.05, 0) is 35.0 Å². The fourth-order valence-corrected chi connectivity index (χ4v) is 4.82. The Morgan fingerprint density at radius 2 is 1.79 bits per heavy atom. The van der Waals surface area contributed by atoms with Gasteiger partial charge >= 0.3 is 0 Å². The van der Waals surface area contributed by atoms with Gasteiger partial charge in [-0.25, -0.2) is 17.7 Å². The summed E-state index contributed by atoms with van der Waals surface area (Å²) in [6.07, 6.45) is 0. The Morgan fingerprint density at radius 3 is 2.57 bits per heavy atom. The van der Waals surface area contributed by atoms with Crippen LogP contribution < -0.4 is 5.32 Å². The summed E-state index contributed by atoms with van der Waals surface area (Å²) in [5.41, 5.74) is 1.20. The minimum absolute atomic E-state index is 0.195. The molecule has 0 aliphatic heterocycles. The van der Waals surface area contributed by atoms with E-state index in [1.807, 2.05) is 36.4 Å². The van der Waals surface area contributed by atoms with Crippen LogP contribution in [0.4, 0.5) is 5.13 Å². The van der Waals surface area contributed by atoms with Crippen molar-refractivity contribution in [3.8, 4) is 0 Å². The van der Waals surface area contributed by atoms with Crippen LogP contribution in [0.25, 0.3) is 21.0 Å². The molecule has 0 bridgehead atoms. The number of hydrogen-bond donors (Lipinski definition) is 1. The van der Waals surface area contributed by atoms with Crippen LogP contribution in [0.15, 0.2) is 65.6 Å². The minimum atomic E-state index is -3.52. The molecule has 0 saturated carbocycles. The number of carbonyl (C=O) groups excluding carboxylic acids is 1. The zero-order chi connectivity index (χ0) is 19.9. The largest absolute Gasteiger partial charge is 0.298 e. The van der Waals surface area contributed by atoms with Gasteiger partial charge in [-0.15, -0.1) is 0 Å². The van der Waals surface area contributed by atoms with Gasteiger partial charge in [-0.3, -0.25) is 10.1 Å². The molecule has 6 nitrogen and oxygen atoms in total. The fourth-order valence-electron chi connectivity index (χ4n) is 2.92. The highest BCUT2D eigenvalue weighted by atomic mass is 32.2. The molecule has 1 aromatic heterocycles. The number of anilines is 1. The van der Waals surface area contributed by atoms with Crippen LogP contribution in [0.3, 0.4) is 0 Å². The number of nitrogens with zero attached hydrogens (tertiary/aromatic N) is 2. The Labute approximate surface area is 166 Å². The number of amides is 1. The van der Waals surface area contributed by atoms with Crippen molar-refractivity contribution in [3.63, 3.8) is 0 Å². The molecule has 0 atom stereocenters. The number of rotatable bonds is 4. The predicted octanol–water partition coefficient (Wildman–Crippen LogP) is 3.95. The molecule has 1 N–H and O–H groups in total. The van der Waals surface area contributed by atoms with Gasteiger partial charge in [0.15, 0.2) is 5.13 Å². The molecule has 0 spiro atoms. The molecule has 3 aromatic carbocycles. The molecule has 0 unspecified atom stereocenters. The second kappa shape index (κ2) is 6.97. The van der Waals surface area contributed by atoms with Crippen molar-refractivity contribution >= 4 is 53.4 Å². The SMILES string of the molecule is CN(C)S(=O)(=O)c1ccc2nc(NC(=O)c3cccc4ccccc34)sc2c1. The number of aromatic nitrogens is 1. The fraction of sp³-hybridized carbons (Fsp3) is 0.100. The number of fused-ring (bicyclic) bond motifs is 2. The van der Waals surface area contributed by atoms with Gasteiger partial charge in [0.25, 0.3) is 5.91 Å². The molecular weight excluding hydrogens is 394 g/mol. The average Bonchev–Trinajstić information content (AvgIpc) is 3.08. The maximum atomic E-state index is 12.8. The predicted molar refractivity (Wildman–Crippen MR) is 112 cm³/mol. The molecule has 0 radical (unpaired) electrons. The summed E-state index contributed by atoms with van der Waals surface area (Å²) in [5.74, 6) is -0.253. The van der Waals surface area contributed by atoms with Crippen molar-refractivity contribution in [1.29, 1.82) is 0 Å². The highest BCUT2D eigenvalue weighted by Crippen LogP contribution is 2.29. The van der Waals surface area contributed by atoms with Gasteiger partial charge in [-0.2, -0.15) is 0 Å². The normalized spacial score (nSPS) is 12.0. The molecule has 0 aliphatic carbocycles. The quantitative estimate of drug-likeness (QED) is 0.551. The lowest BCUT2D eigenvalue weighted by molar-refractivity contribution is 0.102. The summed E-state index contributed by atoms with van der Waals surface area (Å²) in [5, 5.41) is 5.10. The van der Waals surface area contributed by atoms with Gasteiger partial charge in [0.2, 0.25) is 10.0 Å². The second-order valence-electron chi connectivity index (χ2n) is 6.42. The molecule has 1 heterocycles. The van der Waals surface area contributed by atoms with Crippen molar-refractivity contribution in [2.24, 2.45) is 0 Å². The van der Waals surface area contributed by atoms with E-state index in [1.54, 1.807) is 18.2 Å². The van der Waals surface area contributed by atoms with Crippen molar-refractivity contribution in [1.82, 2.24) is 9.29 Å². The summed E-state index contributed by atoms with van der Waals surface area (Å²) in [6, 6.07) is 18.0. The molecule has 8 heteroatoms. The summed E-state index contributed by atoms with van der Waals surface area (Å²) in [7, 11) is -0.548. The highest BCUT2D eigenvalue weighted by molar-refractivity contribution is 7.89. The van der Waals surface area contributed by atoms with E-state index in [-0.39, 0.29) is 10.8 Å². The first-order valence-corrected chi connectivity index (χ1v) is 10.7. The number of sulfonamides is 1. The Hall–Kier alpha value is -2.81. The summed E-state index contributed by atoms with van der Waals surface area (Å²) >= 11 is 1.24. The third-order valence-corrected chi connectivity index (χ3v) is 7.14. The Bertz CT molecular complexity index is 1310. The minimum Gasteiger partial charge on any atom is -0.298 e. The topological polar surface area (TPSA) is 79.4 Å². The van der Waals surface area contributed by atoms with Gasteiger partial charge in [-0.1, -0.05) is 47.7 Å². The van der Waals surface area contributed by atoms with E-state index in [0.29, 0.717) is 20.9 Å². The van der Waals surface area contributed by atoms with E-state index in [2.05, 4.69) is 10.3 Å². The van der Waals surface area contributed by atoms with Crippen LogP contribution in [-0.2, 0) is 10.0 Å². The van der Waals surface area contributed by atoms with Crippen LogP contribution in [0.5, 0.6) is 0 Å². The number of benzene rings is 3. The monoisotopic (exact) mass is 411 g/mol. The first kappa shape index (κ1) is 18.5. The van der Waals surface area contributed by atoms with E-state index in [4.69, 9.17) is 0 Å². The number of nitrogens with one attached hydrogen (secondary N) is 1. The third kappa shape index (κ3) is 3.26. The van der Waals surface area contributed by atoms with Crippen LogP contribution in [0.2, 0.25) is 0 Å². The third-order valence-electron chi connectivity index (χ3n) is 4.39. The summed E-state index contributed by atoms with van der Waals surface area (Å²) < 4.78 is 26.5. The van der Waals surface area contributed by atoms with Crippen LogP contribution >= 0.6 is 11.3 Å². The van der Waals surface area contributed by atoms with E-state index in [1.165, 1.54) is 35.8 Å². The smallest absolute Gasteiger partial charge is 0.258 e. The Balaban J connectivity index is 1.67. The Morgan fingerprint density at radius 1 is 1.04 bits per heavy atom. The van der Waals surface area contributed by atoms with Crippen LogP contribution in [-0.4, -0.2) is 37.7 Å². The van der Waals surface area contributed by atoms with Gasteiger partial charge < -0.3 is 0 Å². The first-order chi connectivity index (χ1) is 13.4. The molecule has 0 saturated heterocycles. The standard InChI is InChI=1S/C20H17N3O3S2/c1-23(2)28(25,26)14-10-11-17-18(12-14)27-20(21-17)22-19(24)16-9-5-7-13-6-3-4-8-15(13)16/h3-12H,1-2H3,(H,21,22,24). The maximum absolute atomic E-state index is 12.8. The lowest BCUT2D eigenvalue weighted by Crippen LogP contribution is -2.22. The number of carbonyl (C=O) groups is 1. The second-order valence-corrected chi connectivity index (χ2v) is 9.60. The molecule has 0 fully saturated rings. The van der Waals surface area contributed by atoms with Gasteiger partial charge in [0, 0.05) is 19.7 Å². The summed E-state index contributed by atoms with van der Waals surface area (Å²) in [6.45, 7) is 0. The molecule has 0 aliphatic rings. The molecule has 28 heavy (non-hydrogen) atoms. The van der Waals surface area contributed by atoms with Crippen molar-refractivity contribution < 1.29 is 13.2 Å². The van der Waals surface area contributed by atoms with Crippen molar-refractivity contribution in [3.05, 3.63) is 66.2 Å². The molecular formula is C20H17N3O3S2. The molecule has 4 rings (SSSR count). The molecule has 4 aromatic rings. The average molecular weight is 412 g/mol. The van der Waals surface area contributed by atoms with Crippen molar-refractivity contribution in [2.45, 2.75) is 4.90 Å². The lowest BCUT2D eigenvalue weighted by atomic mass is 10.0. The van der Waals surface area contributed by atoms with Crippen LogP contribution in [0.1, 0.15) is 10.4 Å². The number of thiazole rings is 1. The van der Waals surface area contributed by atoms with E-state index >= 15 is 0 Å². The molecule has 1 amide bonds. The van der Waals surface area contributed by atoms with E-state index in [9.17, 15) is 13.2 Å². The first-order valence-electron chi connectivity index (χ1n) is 8.48. The van der Waals surface area contributed by atoms with Crippen molar-refractivity contribution in [2.75, 3.05) is 19.4 Å². The molecule has 142 valence electrons. The van der Waals surface area contributed by atoms with E-state index < -0.39 is 10.0 Å². The Kier molecular flexibility index (Phi) is 4.62. The van der Waals surface area contributed by atoms with E-state index in [0.717, 1.165) is 10.8 Å². The van der Waals surface area contributed by atoms with Gasteiger partial charge in [0.05, 0.1) is 15.1 Å². The summed E-state index contributed by atoms with van der Waals surface area (Å²) in [4.78, 5) is 17.4. The number of hydrogen-bond acceptors (Lipinski definition) is 5. The van der Waals surface area contributed by atoms with Crippen LogP contribution in [0, 0.1) is 0 Å². The lowest BCUT2D eigenvalue weighted by Gasteiger charge is -2.10. The zero-order valence-electron chi connectivity index (χ0n) is 15.2. The maximum Gasteiger partial charge on any atom is 0.258 e. The highest BCUT2D eigenvalue weighted by Gasteiger charge is 2.19. The van der Waals surface area contributed by atoms with Gasteiger partial charge in [0.1, 0.15) is 0 Å². The zero-order valence-corrected chi connectivity index (χ0v) is 16.8.